The predicted molar refractivity (Wildman–Crippen MR) is 132 cm³/mol. The van der Waals surface area contributed by atoms with Crippen molar-refractivity contribution >= 4 is 46.1 Å². The molecule has 0 radical (unpaired) electrons. The number of anilines is 2. The van der Waals surface area contributed by atoms with Crippen molar-refractivity contribution in [1.29, 1.82) is 0 Å². The second-order valence-electron chi connectivity index (χ2n) is 7.75. The first-order valence-corrected chi connectivity index (χ1v) is 11.6. The minimum Gasteiger partial charge on any atom is -0.497 e. The van der Waals surface area contributed by atoms with Gasteiger partial charge >= 0.3 is 0 Å². The Balaban J connectivity index is 2.02. The van der Waals surface area contributed by atoms with Gasteiger partial charge in [0.2, 0.25) is 0 Å². The minimum atomic E-state index is -0.618. The molecule has 0 spiro atoms. The van der Waals surface area contributed by atoms with Gasteiger partial charge in [-0.25, -0.2) is 19.1 Å². The van der Waals surface area contributed by atoms with Crippen LogP contribution in [0.4, 0.5) is 11.6 Å². The van der Waals surface area contributed by atoms with E-state index >= 15 is 0 Å². The van der Waals surface area contributed by atoms with Gasteiger partial charge in [-0.05, 0) is 19.1 Å². The third kappa shape index (κ3) is 5.58. The Morgan fingerprint density at radius 1 is 1.19 bits per heavy atom. The molecular formula is C22H30ClN8O5+. The molecule has 2 aromatic heterocycles. The summed E-state index contributed by atoms with van der Waals surface area (Å²) >= 11 is 5.91. The Hall–Kier alpha value is -3.68. The van der Waals surface area contributed by atoms with Crippen LogP contribution in [-0.2, 0) is 24.4 Å². The van der Waals surface area contributed by atoms with E-state index in [1.165, 1.54) is 4.90 Å². The predicted octanol–water partition coefficient (Wildman–Crippen LogP) is -0.692. The van der Waals surface area contributed by atoms with Crippen molar-refractivity contribution in [2.24, 2.45) is 0 Å². The van der Waals surface area contributed by atoms with E-state index in [0.717, 1.165) is 11.0 Å². The summed E-state index contributed by atoms with van der Waals surface area (Å²) in [6.45, 7) is 2.09. The van der Waals surface area contributed by atoms with Crippen LogP contribution >= 0.6 is 11.6 Å². The largest absolute Gasteiger partial charge is 0.497 e. The number of aliphatic hydroxyl groups excluding tert-OH is 2. The van der Waals surface area contributed by atoms with Crippen molar-refractivity contribution in [2.75, 3.05) is 44.9 Å². The number of carbonyl (C=O) groups excluding carboxylic acids is 2. The molecule has 0 saturated carbocycles. The normalized spacial score (nSPS) is 11.0. The lowest BCUT2D eigenvalue weighted by atomic mass is 10.3. The average Bonchev–Trinajstić information content (AvgIpc) is 3.15. The van der Waals surface area contributed by atoms with Crippen LogP contribution in [0.2, 0.25) is 5.15 Å². The number of hydrogen-bond acceptors (Lipinski definition) is 9. The van der Waals surface area contributed by atoms with E-state index in [9.17, 15) is 19.8 Å². The number of hydrogen-bond donors (Lipinski definition) is 5. The standard InChI is InChI=1S/C22H29ClN8O5/c1-3-30-15-10-13(36-2)4-5-14(15)31(12-17(34)29(6-8-32)7-9-33)16(30)11-26-22(35)18-20(24)28-21(25)19(23)27-18/h4-5,10,32-33H,3,6-9,11-12H2,1-2H3,(H4-,24,25,26,28,35)/p+1. The fourth-order valence-electron chi connectivity index (χ4n) is 3.91. The summed E-state index contributed by atoms with van der Waals surface area (Å²) in [5, 5.41) is 21.3. The number of nitrogens with two attached hydrogens (primary N) is 2. The van der Waals surface area contributed by atoms with Gasteiger partial charge in [-0.2, -0.15) is 0 Å². The Labute approximate surface area is 212 Å². The van der Waals surface area contributed by atoms with Gasteiger partial charge in [-0.3, -0.25) is 9.59 Å². The van der Waals surface area contributed by atoms with Crippen molar-refractivity contribution < 1.29 is 29.1 Å². The highest BCUT2D eigenvalue weighted by atomic mass is 35.5. The van der Waals surface area contributed by atoms with E-state index in [1.54, 1.807) is 17.7 Å². The Morgan fingerprint density at radius 3 is 2.50 bits per heavy atom. The highest BCUT2D eigenvalue weighted by molar-refractivity contribution is 6.31. The third-order valence-electron chi connectivity index (χ3n) is 5.62. The summed E-state index contributed by atoms with van der Waals surface area (Å²) in [4.78, 5) is 35.1. The summed E-state index contributed by atoms with van der Waals surface area (Å²) in [5.41, 5.74) is 12.8. The molecule has 2 heterocycles. The molecule has 0 unspecified atom stereocenters. The molecule has 0 bridgehead atoms. The van der Waals surface area contributed by atoms with Gasteiger partial charge in [-0.15, -0.1) is 0 Å². The van der Waals surface area contributed by atoms with Crippen molar-refractivity contribution in [1.82, 2.24) is 24.8 Å². The molecule has 3 aromatic rings. The number of fused-ring (bicyclic) bond motifs is 1. The van der Waals surface area contributed by atoms with Gasteiger partial charge in [0.25, 0.3) is 17.6 Å². The zero-order valence-corrected chi connectivity index (χ0v) is 20.8. The molecule has 0 atom stereocenters. The second kappa shape index (κ2) is 11.8. The summed E-state index contributed by atoms with van der Waals surface area (Å²) < 4.78 is 9.08. The molecule has 0 aliphatic heterocycles. The van der Waals surface area contributed by atoms with Crippen LogP contribution in [0.1, 0.15) is 23.2 Å². The number of benzene rings is 1. The number of aliphatic hydroxyl groups is 2. The number of aromatic nitrogens is 4. The van der Waals surface area contributed by atoms with Crippen molar-refractivity contribution in [3.8, 4) is 5.75 Å². The van der Waals surface area contributed by atoms with Crippen LogP contribution in [-0.4, -0.2) is 74.9 Å². The van der Waals surface area contributed by atoms with Crippen LogP contribution in [0, 0.1) is 0 Å². The second-order valence-corrected chi connectivity index (χ2v) is 8.10. The number of nitrogens with one attached hydrogen (secondary N) is 1. The topological polar surface area (TPSA) is 186 Å². The fraction of sp³-hybridized carbons (Fsp3) is 0.409. The number of halogens is 1. The number of amides is 2. The van der Waals surface area contributed by atoms with E-state index in [1.807, 2.05) is 23.6 Å². The van der Waals surface area contributed by atoms with Crippen molar-refractivity contribution in [2.45, 2.75) is 26.6 Å². The Kier molecular flexibility index (Phi) is 8.85. The lowest BCUT2D eigenvalue weighted by Gasteiger charge is -2.20. The van der Waals surface area contributed by atoms with E-state index in [-0.39, 0.29) is 67.8 Å². The molecule has 14 heteroatoms. The molecular weight excluding hydrogens is 492 g/mol. The lowest BCUT2D eigenvalue weighted by Crippen LogP contribution is -2.49. The van der Waals surface area contributed by atoms with Gasteiger partial charge in [-0.1, -0.05) is 11.6 Å². The third-order valence-corrected chi connectivity index (χ3v) is 5.89. The zero-order valence-electron chi connectivity index (χ0n) is 20.1. The first kappa shape index (κ1) is 26.9. The maximum absolute atomic E-state index is 13.1. The maximum atomic E-state index is 13.1. The SMILES string of the molecule is CCn1c(CNC(=O)c2nc(Cl)c(N)nc2N)[n+](CC(=O)N(CCO)CCO)c2ccc(OC)cc21. The Morgan fingerprint density at radius 2 is 1.89 bits per heavy atom. The van der Waals surface area contributed by atoms with Gasteiger partial charge in [0, 0.05) is 19.2 Å². The summed E-state index contributed by atoms with van der Waals surface area (Å²) in [7, 11) is 1.56. The smallest absolute Gasteiger partial charge is 0.277 e. The number of nitrogens with zero attached hydrogens (tertiary/aromatic N) is 5. The van der Waals surface area contributed by atoms with Crippen LogP contribution in [0.5, 0.6) is 5.75 Å². The molecule has 7 N–H and O–H groups in total. The zero-order chi connectivity index (χ0) is 26.4. The summed E-state index contributed by atoms with van der Waals surface area (Å²) in [6.07, 6.45) is 0. The molecule has 0 aliphatic rings. The van der Waals surface area contributed by atoms with Crippen LogP contribution in [0.15, 0.2) is 18.2 Å². The number of aryl methyl sites for hydroxylation is 1. The molecule has 0 saturated heterocycles. The summed E-state index contributed by atoms with van der Waals surface area (Å²) in [6, 6.07) is 5.44. The molecule has 0 aliphatic carbocycles. The van der Waals surface area contributed by atoms with E-state index in [0.29, 0.717) is 18.1 Å². The quantitative estimate of drug-likeness (QED) is 0.203. The van der Waals surface area contributed by atoms with Crippen LogP contribution in [0.3, 0.4) is 0 Å². The van der Waals surface area contributed by atoms with Crippen LogP contribution < -0.4 is 26.1 Å². The average molecular weight is 522 g/mol. The fourth-order valence-corrected chi connectivity index (χ4v) is 4.03. The Bertz CT molecular complexity index is 1260. The van der Waals surface area contributed by atoms with Gasteiger partial charge < -0.3 is 36.6 Å². The first-order chi connectivity index (χ1) is 17.2. The molecule has 1 aromatic carbocycles. The minimum absolute atomic E-state index is 0.0140. The maximum Gasteiger partial charge on any atom is 0.277 e. The monoisotopic (exact) mass is 521 g/mol. The highest BCUT2D eigenvalue weighted by Gasteiger charge is 2.29. The van der Waals surface area contributed by atoms with E-state index in [4.69, 9.17) is 27.8 Å². The first-order valence-electron chi connectivity index (χ1n) is 11.2. The number of imidazole rings is 1. The van der Waals surface area contributed by atoms with Gasteiger partial charge in [0.1, 0.15) is 12.3 Å². The highest BCUT2D eigenvalue weighted by Crippen LogP contribution is 2.22. The molecule has 194 valence electrons. The van der Waals surface area contributed by atoms with Crippen molar-refractivity contribution in [3.05, 3.63) is 34.9 Å². The van der Waals surface area contributed by atoms with E-state index in [2.05, 4.69) is 15.3 Å². The molecule has 2 amide bonds. The lowest BCUT2D eigenvalue weighted by molar-refractivity contribution is -0.668. The number of methoxy groups -OCH3 is 1. The number of ether oxygens (including phenoxy) is 1. The van der Waals surface area contributed by atoms with Gasteiger partial charge in [0.15, 0.2) is 40.1 Å². The molecule has 36 heavy (non-hydrogen) atoms. The van der Waals surface area contributed by atoms with Gasteiger partial charge in [0.05, 0.1) is 26.9 Å². The van der Waals surface area contributed by atoms with Crippen LogP contribution in [0.25, 0.3) is 11.0 Å². The van der Waals surface area contributed by atoms with E-state index < -0.39 is 5.91 Å². The number of rotatable bonds is 11. The number of nitrogen functional groups attached to an aromatic ring is 2. The van der Waals surface area contributed by atoms with Crippen molar-refractivity contribution in [3.63, 3.8) is 0 Å². The molecule has 3 rings (SSSR count). The molecule has 0 fully saturated rings. The summed E-state index contributed by atoms with van der Waals surface area (Å²) in [5.74, 6) is 0.0721. The number of carbonyl (C=O) groups is 2. The molecule has 13 nitrogen and oxygen atoms in total.